The van der Waals surface area contributed by atoms with Crippen LogP contribution in [0.15, 0.2) is 53.4 Å². The Morgan fingerprint density at radius 3 is 2.81 bits per heavy atom. The van der Waals surface area contributed by atoms with E-state index >= 15 is 0 Å². The molecule has 138 valence electrons. The highest BCUT2D eigenvalue weighted by atomic mass is 32.2. The monoisotopic (exact) mass is 387 g/mol. The lowest BCUT2D eigenvalue weighted by atomic mass is 10.1. The highest BCUT2D eigenvalue weighted by Gasteiger charge is 2.22. The van der Waals surface area contributed by atoms with Gasteiger partial charge in [0.25, 0.3) is 0 Å². The van der Waals surface area contributed by atoms with E-state index < -0.39 is 0 Å². The molecule has 2 N–H and O–H groups in total. The van der Waals surface area contributed by atoms with Gasteiger partial charge < -0.3 is 20.3 Å². The summed E-state index contributed by atoms with van der Waals surface area (Å²) in [6.07, 6.45) is 3.24. The third-order valence-electron chi connectivity index (χ3n) is 4.60. The number of benzene rings is 2. The molecule has 0 unspecified atom stereocenters. The van der Waals surface area contributed by atoms with E-state index in [0.29, 0.717) is 11.0 Å². The topological polar surface area (TPSA) is 36.5 Å². The van der Waals surface area contributed by atoms with E-state index in [0.717, 1.165) is 31.1 Å². The van der Waals surface area contributed by atoms with Crippen LogP contribution in [0.1, 0.15) is 6.42 Å². The Balaban J connectivity index is 1.45. The van der Waals surface area contributed by atoms with Gasteiger partial charge in [-0.3, -0.25) is 0 Å². The molecule has 1 saturated heterocycles. The van der Waals surface area contributed by atoms with Crippen LogP contribution in [-0.2, 0) is 0 Å². The quantitative estimate of drug-likeness (QED) is 0.571. The van der Waals surface area contributed by atoms with Crippen molar-refractivity contribution in [2.75, 3.05) is 43.2 Å². The molecular weight excluding hydrogens is 362 g/mol. The first-order valence-electron chi connectivity index (χ1n) is 8.76. The summed E-state index contributed by atoms with van der Waals surface area (Å²) in [5, 5.41) is 7.33. The number of anilines is 2. The Bertz CT molecular complexity index is 736. The zero-order chi connectivity index (χ0) is 18.4. The van der Waals surface area contributed by atoms with Crippen molar-refractivity contribution in [3.63, 3.8) is 0 Å². The van der Waals surface area contributed by atoms with Crippen molar-refractivity contribution >= 4 is 40.5 Å². The SMILES string of the molecule is COc1ccc(N2CC[C@@H](CNC(=S)Nc3cccc(SC)c3)C2)cc1. The molecule has 1 aliphatic heterocycles. The molecule has 0 spiro atoms. The maximum atomic E-state index is 5.44. The number of hydrogen-bond donors (Lipinski definition) is 2. The van der Waals surface area contributed by atoms with E-state index in [1.807, 2.05) is 24.3 Å². The minimum absolute atomic E-state index is 0.592. The number of nitrogens with one attached hydrogen (secondary N) is 2. The summed E-state index contributed by atoms with van der Waals surface area (Å²) in [4.78, 5) is 3.65. The molecule has 1 aliphatic rings. The Morgan fingerprint density at radius 2 is 2.08 bits per heavy atom. The molecule has 0 aromatic heterocycles. The van der Waals surface area contributed by atoms with Crippen molar-refractivity contribution in [3.8, 4) is 5.75 Å². The smallest absolute Gasteiger partial charge is 0.170 e. The summed E-state index contributed by atoms with van der Waals surface area (Å²) in [6, 6.07) is 16.6. The Labute approximate surface area is 165 Å². The molecule has 3 rings (SSSR count). The predicted molar refractivity (Wildman–Crippen MR) is 116 cm³/mol. The first-order valence-corrected chi connectivity index (χ1v) is 10.4. The van der Waals surface area contributed by atoms with E-state index in [1.54, 1.807) is 18.9 Å². The fraction of sp³-hybridized carbons (Fsp3) is 0.350. The lowest BCUT2D eigenvalue weighted by molar-refractivity contribution is 0.415. The van der Waals surface area contributed by atoms with Crippen LogP contribution in [0.2, 0.25) is 0 Å². The minimum Gasteiger partial charge on any atom is -0.497 e. The summed E-state index contributed by atoms with van der Waals surface area (Å²) in [6.45, 7) is 3.01. The van der Waals surface area contributed by atoms with Crippen LogP contribution in [0.3, 0.4) is 0 Å². The average molecular weight is 388 g/mol. The number of methoxy groups -OCH3 is 1. The number of rotatable bonds is 6. The summed E-state index contributed by atoms with van der Waals surface area (Å²) in [7, 11) is 1.70. The first-order chi connectivity index (χ1) is 12.7. The molecule has 1 atom stereocenters. The summed E-state index contributed by atoms with van der Waals surface area (Å²) >= 11 is 7.17. The van der Waals surface area contributed by atoms with Gasteiger partial charge in [-0.15, -0.1) is 11.8 Å². The molecule has 0 amide bonds. The second kappa shape index (κ2) is 9.14. The summed E-state index contributed by atoms with van der Waals surface area (Å²) in [5.41, 5.74) is 2.28. The van der Waals surface area contributed by atoms with Gasteiger partial charge in [0.15, 0.2) is 5.11 Å². The number of thiocarbonyl (C=S) groups is 1. The lowest BCUT2D eigenvalue weighted by Gasteiger charge is -2.19. The van der Waals surface area contributed by atoms with Gasteiger partial charge in [0.1, 0.15) is 5.75 Å². The zero-order valence-corrected chi connectivity index (χ0v) is 16.8. The van der Waals surface area contributed by atoms with E-state index in [9.17, 15) is 0 Å². The molecular formula is C20H25N3OS2. The molecule has 2 aromatic carbocycles. The lowest BCUT2D eigenvalue weighted by Crippen LogP contribution is -2.34. The van der Waals surface area contributed by atoms with Gasteiger partial charge >= 0.3 is 0 Å². The van der Waals surface area contributed by atoms with Crippen LogP contribution in [0.25, 0.3) is 0 Å². The molecule has 1 fully saturated rings. The third kappa shape index (κ3) is 5.05. The van der Waals surface area contributed by atoms with Crippen molar-refractivity contribution in [2.24, 2.45) is 5.92 Å². The Hall–Kier alpha value is -1.92. The predicted octanol–water partition coefficient (Wildman–Crippen LogP) is 4.23. The van der Waals surface area contributed by atoms with Gasteiger partial charge in [0.2, 0.25) is 0 Å². The van der Waals surface area contributed by atoms with Crippen LogP contribution in [0.4, 0.5) is 11.4 Å². The van der Waals surface area contributed by atoms with Crippen molar-refractivity contribution in [1.29, 1.82) is 0 Å². The molecule has 0 saturated carbocycles. The largest absolute Gasteiger partial charge is 0.497 e. The molecule has 0 bridgehead atoms. The highest BCUT2D eigenvalue weighted by Crippen LogP contribution is 2.25. The maximum absolute atomic E-state index is 5.44. The number of thioether (sulfide) groups is 1. The van der Waals surface area contributed by atoms with Crippen LogP contribution < -0.4 is 20.3 Å². The third-order valence-corrected chi connectivity index (χ3v) is 5.57. The first kappa shape index (κ1) is 18.9. The van der Waals surface area contributed by atoms with E-state index in [2.05, 4.69) is 46.1 Å². The standard InChI is InChI=1S/C20H25N3OS2/c1-24-18-8-6-17(7-9-18)23-11-10-15(14-23)13-21-20(25)22-16-4-3-5-19(12-16)26-2/h3-9,12,15H,10-11,13-14H2,1-2H3,(H2,21,22,25)/t15-/m0/s1. The average Bonchev–Trinajstić information content (AvgIpc) is 3.15. The number of ether oxygens (including phenoxy) is 1. The fourth-order valence-corrected chi connectivity index (χ4v) is 3.80. The molecule has 1 heterocycles. The second-order valence-corrected chi connectivity index (χ2v) is 7.65. The van der Waals surface area contributed by atoms with Crippen molar-refractivity contribution in [1.82, 2.24) is 5.32 Å². The van der Waals surface area contributed by atoms with Gasteiger partial charge in [-0.25, -0.2) is 0 Å². The molecule has 4 nitrogen and oxygen atoms in total. The van der Waals surface area contributed by atoms with Gasteiger partial charge in [-0.05, 0) is 73.3 Å². The second-order valence-electron chi connectivity index (χ2n) is 6.37. The van der Waals surface area contributed by atoms with Crippen LogP contribution in [0, 0.1) is 5.92 Å². The van der Waals surface area contributed by atoms with Gasteiger partial charge in [-0.1, -0.05) is 6.07 Å². The van der Waals surface area contributed by atoms with Crippen molar-refractivity contribution in [2.45, 2.75) is 11.3 Å². The maximum Gasteiger partial charge on any atom is 0.170 e. The van der Waals surface area contributed by atoms with E-state index in [4.69, 9.17) is 17.0 Å². The van der Waals surface area contributed by atoms with E-state index in [-0.39, 0.29) is 0 Å². The zero-order valence-electron chi connectivity index (χ0n) is 15.2. The number of hydrogen-bond acceptors (Lipinski definition) is 4. The van der Waals surface area contributed by atoms with Gasteiger partial charge in [0, 0.05) is 35.9 Å². The molecule has 6 heteroatoms. The Morgan fingerprint density at radius 1 is 1.27 bits per heavy atom. The van der Waals surface area contributed by atoms with Crippen LogP contribution in [-0.4, -0.2) is 38.1 Å². The minimum atomic E-state index is 0.592. The molecule has 0 aliphatic carbocycles. The van der Waals surface area contributed by atoms with E-state index in [1.165, 1.54) is 17.0 Å². The molecule has 0 radical (unpaired) electrons. The summed E-state index contributed by atoms with van der Waals surface area (Å²) in [5.74, 6) is 1.49. The van der Waals surface area contributed by atoms with Crippen molar-refractivity contribution < 1.29 is 4.74 Å². The van der Waals surface area contributed by atoms with Crippen LogP contribution in [0.5, 0.6) is 5.75 Å². The van der Waals surface area contributed by atoms with Gasteiger partial charge in [-0.2, -0.15) is 0 Å². The normalized spacial score (nSPS) is 16.4. The van der Waals surface area contributed by atoms with Gasteiger partial charge in [0.05, 0.1) is 7.11 Å². The Kier molecular flexibility index (Phi) is 6.63. The highest BCUT2D eigenvalue weighted by molar-refractivity contribution is 7.98. The summed E-state index contributed by atoms with van der Waals surface area (Å²) < 4.78 is 5.23. The van der Waals surface area contributed by atoms with Crippen LogP contribution >= 0.6 is 24.0 Å². The number of nitrogens with zero attached hydrogens (tertiary/aromatic N) is 1. The molecule has 26 heavy (non-hydrogen) atoms. The fourth-order valence-electron chi connectivity index (χ4n) is 3.14. The van der Waals surface area contributed by atoms with Crippen molar-refractivity contribution in [3.05, 3.63) is 48.5 Å². The molecule has 2 aromatic rings.